The molecule has 0 spiro atoms. The number of hydrogen-bond donors (Lipinski definition) is 2. The number of H-pyrrole nitrogens is 1. The first kappa shape index (κ1) is 12.7. The number of amides is 1. The van der Waals surface area contributed by atoms with Gasteiger partial charge in [0.1, 0.15) is 0 Å². The van der Waals surface area contributed by atoms with Crippen LogP contribution in [0.2, 0.25) is 0 Å². The zero-order valence-corrected chi connectivity index (χ0v) is 11.2. The van der Waals surface area contributed by atoms with Gasteiger partial charge in [-0.15, -0.1) is 0 Å². The Balaban J connectivity index is 1.75. The van der Waals surface area contributed by atoms with E-state index in [0.29, 0.717) is 5.69 Å². The molecular formula is C14H21N3O2. The standard InChI is InChI=1S/C14H21N3O2/c18-9-3-5-10-4-2-8-17(10)14(19)13-11-6-1-7-12(11)15-16-13/h10,18H,1-9H2,(H,15,16). The number of nitrogens with zero attached hydrogens (tertiary/aromatic N) is 2. The second-order valence-corrected chi connectivity index (χ2v) is 5.54. The van der Waals surface area contributed by atoms with Gasteiger partial charge >= 0.3 is 0 Å². The molecule has 5 heteroatoms. The lowest BCUT2D eigenvalue weighted by Gasteiger charge is -2.24. The first-order valence-electron chi connectivity index (χ1n) is 7.29. The SMILES string of the molecule is O=C(c1n[nH]c2c1CCC2)N1CCCC1CCCO. The zero-order valence-electron chi connectivity index (χ0n) is 11.2. The Morgan fingerprint density at radius 2 is 2.32 bits per heavy atom. The Morgan fingerprint density at radius 1 is 1.42 bits per heavy atom. The van der Waals surface area contributed by atoms with Crippen LogP contribution in [-0.2, 0) is 12.8 Å². The van der Waals surface area contributed by atoms with E-state index in [1.54, 1.807) is 0 Å². The third-order valence-electron chi connectivity index (χ3n) is 4.34. The van der Waals surface area contributed by atoms with Gasteiger partial charge in [-0.2, -0.15) is 5.10 Å². The predicted molar refractivity (Wildman–Crippen MR) is 71.0 cm³/mol. The molecule has 1 atom stereocenters. The van der Waals surface area contributed by atoms with Gasteiger partial charge < -0.3 is 10.0 Å². The van der Waals surface area contributed by atoms with Gasteiger partial charge in [0.15, 0.2) is 5.69 Å². The van der Waals surface area contributed by atoms with E-state index >= 15 is 0 Å². The van der Waals surface area contributed by atoms with Crippen LogP contribution in [0, 0.1) is 0 Å². The van der Waals surface area contributed by atoms with Crippen molar-refractivity contribution in [2.45, 2.75) is 51.0 Å². The average molecular weight is 263 g/mol. The molecule has 1 aromatic heterocycles. The van der Waals surface area contributed by atoms with Crippen molar-refractivity contribution in [1.29, 1.82) is 0 Å². The molecule has 1 fully saturated rings. The molecule has 2 heterocycles. The Labute approximate surface area is 113 Å². The normalized spacial score (nSPS) is 21.9. The lowest BCUT2D eigenvalue weighted by molar-refractivity contribution is 0.0717. The van der Waals surface area contributed by atoms with Gasteiger partial charge in [-0.05, 0) is 44.9 Å². The molecule has 2 aliphatic rings. The molecule has 2 N–H and O–H groups in total. The van der Waals surface area contributed by atoms with Gasteiger partial charge in [0.2, 0.25) is 0 Å². The average Bonchev–Trinajstić information content (AvgIpc) is 3.10. The van der Waals surface area contributed by atoms with Crippen molar-refractivity contribution in [1.82, 2.24) is 15.1 Å². The fraction of sp³-hybridized carbons (Fsp3) is 0.714. The largest absolute Gasteiger partial charge is 0.396 e. The topological polar surface area (TPSA) is 69.2 Å². The third-order valence-corrected chi connectivity index (χ3v) is 4.34. The lowest BCUT2D eigenvalue weighted by Crippen LogP contribution is -2.36. The summed E-state index contributed by atoms with van der Waals surface area (Å²) in [4.78, 5) is 14.6. The minimum atomic E-state index is 0.0832. The van der Waals surface area contributed by atoms with Gasteiger partial charge in [-0.1, -0.05) is 0 Å². The number of aromatic nitrogens is 2. The summed E-state index contributed by atoms with van der Waals surface area (Å²) >= 11 is 0. The number of nitrogens with one attached hydrogen (secondary N) is 1. The van der Waals surface area contributed by atoms with Crippen LogP contribution in [0.25, 0.3) is 0 Å². The maximum Gasteiger partial charge on any atom is 0.274 e. The van der Waals surface area contributed by atoms with E-state index in [0.717, 1.165) is 62.7 Å². The number of carbonyl (C=O) groups excluding carboxylic acids is 1. The molecule has 1 saturated heterocycles. The fourth-order valence-corrected chi connectivity index (χ4v) is 3.36. The van der Waals surface area contributed by atoms with Crippen molar-refractivity contribution >= 4 is 5.91 Å². The summed E-state index contributed by atoms with van der Waals surface area (Å²) in [5.41, 5.74) is 2.93. The molecular weight excluding hydrogens is 242 g/mol. The summed E-state index contributed by atoms with van der Waals surface area (Å²) in [6.45, 7) is 1.03. The number of aromatic amines is 1. The van der Waals surface area contributed by atoms with Crippen molar-refractivity contribution in [2.24, 2.45) is 0 Å². The van der Waals surface area contributed by atoms with Crippen LogP contribution >= 0.6 is 0 Å². The summed E-state index contributed by atoms with van der Waals surface area (Å²) in [5, 5.41) is 16.2. The monoisotopic (exact) mass is 263 g/mol. The van der Waals surface area contributed by atoms with Crippen molar-refractivity contribution in [2.75, 3.05) is 13.2 Å². The first-order valence-corrected chi connectivity index (χ1v) is 7.29. The number of aliphatic hydroxyl groups is 1. The van der Waals surface area contributed by atoms with Crippen LogP contribution < -0.4 is 0 Å². The highest BCUT2D eigenvalue weighted by Gasteiger charge is 2.32. The molecule has 1 aromatic rings. The molecule has 1 unspecified atom stereocenters. The number of likely N-dealkylation sites (tertiary alicyclic amines) is 1. The summed E-state index contributed by atoms with van der Waals surface area (Å²) < 4.78 is 0. The maximum atomic E-state index is 12.6. The van der Waals surface area contributed by atoms with E-state index in [-0.39, 0.29) is 18.6 Å². The van der Waals surface area contributed by atoms with Crippen molar-refractivity contribution in [3.63, 3.8) is 0 Å². The van der Waals surface area contributed by atoms with E-state index in [2.05, 4.69) is 10.2 Å². The highest BCUT2D eigenvalue weighted by molar-refractivity contribution is 5.94. The third kappa shape index (κ3) is 2.27. The van der Waals surface area contributed by atoms with E-state index in [1.807, 2.05) is 4.90 Å². The Hall–Kier alpha value is -1.36. The Bertz CT molecular complexity index is 469. The summed E-state index contributed by atoms with van der Waals surface area (Å²) in [7, 11) is 0. The summed E-state index contributed by atoms with van der Waals surface area (Å²) in [5.74, 6) is 0.0832. The van der Waals surface area contributed by atoms with Crippen LogP contribution in [-0.4, -0.2) is 45.3 Å². The highest BCUT2D eigenvalue weighted by Crippen LogP contribution is 2.27. The van der Waals surface area contributed by atoms with E-state index in [9.17, 15) is 4.79 Å². The molecule has 1 amide bonds. The minimum absolute atomic E-state index is 0.0832. The van der Waals surface area contributed by atoms with Gasteiger partial charge in [0, 0.05) is 30.5 Å². The maximum absolute atomic E-state index is 12.6. The van der Waals surface area contributed by atoms with Crippen molar-refractivity contribution in [3.05, 3.63) is 17.0 Å². The zero-order chi connectivity index (χ0) is 13.2. The number of rotatable bonds is 4. The predicted octanol–water partition coefficient (Wildman–Crippen LogP) is 1.28. The van der Waals surface area contributed by atoms with Gasteiger partial charge in [0.05, 0.1) is 0 Å². The van der Waals surface area contributed by atoms with Crippen LogP contribution in [0.4, 0.5) is 0 Å². The van der Waals surface area contributed by atoms with Gasteiger partial charge in [-0.3, -0.25) is 9.89 Å². The molecule has 5 nitrogen and oxygen atoms in total. The number of aliphatic hydroxyl groups excluding tert-OH is 1. The molecule has 0 bridgehead atoms. The summed E-state index contributed by atoms with van der Waals surface area (Å²) in [6, 6.07) is 0.286. The highest BCUT2D eigenvalue weighted by atomic mass is 16.3. The molecule has 1 aliphatic carbocycles. The number of carbonyl (C=O) groups is 1. The van der Waals surface area contributed by atoms with Crippen LogP contribution in [0.15, 0.2) is 0 Å². The first-order chi connectivity index (χ1) is 9.31. The molecule has 1 aliphatic heterocycles. The minimum Gasteiger partial charge on any atom is -0.396 e. The molecule has 0 radical (unpaired) electrons. The van der Waals surface area contributed by atoms with E-state index in [4.69, 9.17) is 5.11 Å². The number of fused-ring (bicyclic) bond motifs is 1. The fourth-order valence-electron chi connectivity index (χ4n) is 3.36. The second-order valence-electron chi connectivity index (χ2n) is 5.54. The van der Waals surface area contributed by atoms with E-state index in [1.165, 1.54) is 0 Å². The quantitative estimate of drug-likeness (QED) is 0.859. The molecule has 104 valence electrons. The number of hydrogen-bond acceptors (Lipinski definition) is 3. The number of aryl methyl sites for hydroxylation is 1. The lowest BCUT2D eigenvalue weighted by atomic mass is 10.1. The van der Waals surface area contributed by atoms with E-state index < -0.39 is 0 Å². The Morgan fingerprint density at radius 3 is 3.16 bits per heavy atom. The smallest absolute Gasteiger partial charge is 0.274 e. The van der Waals surface area contributed by atoms with Crippen molar-refractivity contribution < 1.29 is 9.90 Å². The van der Waals surface area contributed by atoms with Gasteiger partial charge in [-0.25, -0.2) is 0 Å². The Kier molecular flexibility index (Phi) is 3.55. The molecule has 0 saturated carbocycles. The molecule has 19 heavy (non-hydrogen) atoms. The van der Waals surface area contributed by atoms with Crippen LogP contribution in [0.3, 0.4) is 0 Å². The van der Waals surface area contributed by atoms with Gasteiger partial charge in [0.25, 0.3) is 5.91 Å². The van der Waals surface area contributed by atoms with Crippen LogP contribution in [0.1, 0.15) is 53.8 Å². The summed E-state index contributed by atoms with van der Waals surface area (Å²) in [6.07, 6.45) is 6.90. The van der Waals surface area contributed by atoms with Crippen molar-refractivity contribution in [3.8, 4) is 0 Å². The molecule has 3 rings (SSSR count). The molecule has 0 aromatic carbocycles. The van der Waals surface area contributed by atoms with Crippen LogP contribution in [0.5, 0.6) is 0 Å². The second kappa shape index (κ2) is 5.33.